The highest BCUT2D eigenvalue weighted by atomic mass is 16.4. The molecule has 0 spiro atoms. The average Bonchev–Trinajstić information content (AvgIpc) is 2.61. The van der Waals surface area contributed by atoms with Crippen LogP contribution in [0.25, 0.3) is 5.69 Å². The minimum Gasteiger partial charge on any atom is -0.476 e. The second-order valence-electron chi connectivity index (χ2n) is 3.19. The van der Waals surface area contributed by atoms with Gasteiger partial charge in [0.2, 0.25) is 0 Å². The summed E-state index contributed by atoms with van der Waals surface area (Å²) in [6, 6.07) is 9.51. The Morgan fingerprint density at radius 3 is 2.53 bits per heavy atom. The first-order chi connectivity index (χ1) is 7.20. The number of hydrogen-bond donors (Lipinski definition) is 1. The Kier molecular flexibility index (Phi) is 2.25. The summed E-state index contributed by atoms with van der Waals surface area (Å²) in [7, 11) is 0. The van der Waals surface area contributed by atoms with Gasteiger partial charge in [-0.15, -0.1) is 0 Å². The van der Waals surface area contributed by atoms with Gasteiger partial charge in [-0.1, -0.05) is 18.2 Å². The number of benzene rings is 1. The molecule has 0 saturated carbocycles. The fourth-order valence-electron chi connectivity index (χ4n) is 1.47. The van der Waals surface area contributed by atoms with E-state index in [-0.39, 0.29) is 5.69 Å². The summed E-state index contributed by atoms with van der Waals surface area (Å²) >= 11 is 0. The zero-order chi connectivity index (χ0) is 10.8. The molecular formula is C11H10N2O2. The monoisotopic (exact) mass is 202 g/mol. The van der Waals surface area contributed by atoms with E-state index >= 15 is 0 Å². The molecule has 15 heavy (non-hydrogen) atoms. The van der Waals surface area contributed by atoms with Gasteiger partial charge in [0.1, 0.15) is 6.33 Å². The van der Waals surface area contributed by atoms with Gasteiger partial charge in [0.05, 0.1) is 5.69 Å². The Balaban J connectivity index is 2.52. The van der Waals surface area contributed by atoms with E-state index in [1.807, 2.05) is 30.3 Å². The Labute approximate surface area is 86.8 Å². The number of aromatic nitrogens is 2. The maximum Gasteiger partial charge on any atom is 0.356 e. The number of rotatable bonds is 2. The summed E-state index contributed by atoms with van der Waals surface area (Å²) in [4.78, 5) is 14.6. The standard InChI is InChI=1S/C11H10N2O2/c1-8-10(11(14)15)12-7-13(8)9-5-3-2-4-6-9/h2-7H,1H3,(H,14,15). The quantitative estimate of drug-likeness (QED) is 0.808. The summed E-state index contributed by atoms with van der Waals surface area (Å²) in [5.74, 6) is -0.998. The van der Waals surface area contributed by atoms with Crippen molar-refractivity contribution in [2.45, 2.75) is 6.92 Å². The fourth-order valence-corrected chi connectivity index (χ4v) is 1.47. The minimum absolute atomic E-state index is 0.0962. The molecule has 1 aromatic carbocycles. The molecule has 2 aromatic rings. The maximum absolute atomic E-state index is 10.8. The zero-order valence-electron chi connectivity index (χ0n) is 8.21. The number of carboxylic acids is 1. The molecule has 2 rings (SSSR count). The lowest BCUT2D eigenvalue weighted by Gasteiger charge is -2.03. The van der Waals surface area contributed by atoms with Gasteiger partial charge in [0, 0.05) is 5.69 Å². The van der Waals surface area contributed by atoms with Crippen LogP contribution in [0.3, 0.4) is 0 Å². The van der Waals surface area contributed by atoms with Crippen molar-refractivity contribution in [1.29, 1.82) is 0 Å². The normalized spacial score (nSPS) is 10.2. The lowest BCUT2D eigenvalue weighted by molar-refractivity contribution is 0.0690. The Morgan fingerprint density at radius 2 is 2.00 bits per heavy atom. The van der Waals surface area contributed by atoms with Gasteiger partial charge in [0.15, 0.2) is 5.69 Å². The van der Waals surface area contributed by atoms with Crippen LogP contribution in [0, 0.1) is 6.92 Å². The molecule has 0 radical (unpaired) electrons. The van der Waals surface area contributed by atoms with Crippen molar-refractivity contribution in [2.24, 2.45) is 0 Å². The molecule has 0 bridgehead atoms. The summed E-state index contributed by atoms with van der Waals surface area (Å²) in [5.41, 5.74) is 1.64. The molecule has 0 aliphatic carbocycles. The molecule has 0 aliphatic rings. The van der Waals surface area contributed by atoms with Crippen LogP contribution in [0.15, 0.2) is 36.7 Å². The number of aromatic carboxylic acids is 1. The van der Waals surface area contributed by atoms with Crippen LogP contribution < -0.4 is 0 Å². The summed E-state index contributed by atoms with van der Waals surface area (Å²) in [6.07, 6.45) is 1.52. The summed E-state index contributed by atoms with van der Waals surface area (Å²) in [5, 5.41) is 8.85. The van der Waals surface area contributed by atoms with Crippen LogP contribution in [-0.2, 0) is 0 Å². The molecular weight excluding hydrogens is 192 g/mol. The highest BCUT2D eigenvalue weighted by Gasteiger charge is 2.13. The van der Waals surface area contributed by atoms with Crippen molar-refractivity contribution in [2.75, 3.05) is 0 Å². The van der Waals surface area contributed by atoms with Crippen molar-refractivity contribution >= 4 is 5.97 Å². The fraction of sp³-hybridized carbons (Fsp3) is 0.0909. The van der Waals surface area contributed by atoms with Crippen LogP contribution in [-0.4, -0.2) is 20.6 Å². The molecule has 0 saturated heterocycles. The molecule has 0 atom stereocenters. The van der Waals surface area contributed by atoms with Crippen molar-refractivity contribution in [1.82, 2.24) is 9.55 Å². The van der Waals surface area contributed by atoms with Crippen LogP contribution in [0.5, 0.6) is 0 Å². The molecule has 1 aromatic heterocycles. The third kappa shape index (κ3) is 1.61. The van der Waals surface area contributed by atoms with E-state index in [1.165, 1.54) is 6.33 Å². The minimum atomic E-state index is -0.998. The van der Waals surface area contributed by atoms with E-state index in [1.54, 1.807) is 11.5 Å². The van der Waals surface area contributed by atoms with Gasteiger partial charge in [-0.3, -0.25) is 0 Å². The molecule has 0 unspecified atom stereocenters. The lowest BCUT2D eigenvalue weighted by atomic mass is 10.3. The van der Waals surface area contributed by atoms with E-state index < -0.39 is 5.97 Å². The van der Waals surface area contributed by atoms with Gasteiger partial charge in [-0.25, -0.2) is 9.78 Å². The molecule has 4 heteroatoms. The molecule has 1 N–H and O–H groups in total. The SMILES string of the molecule is Cc1c(C(=O)O)ncn1-c1ccccc1. The van der Waals surface area contributed by atoms with Crippen LogP contribution >= 0.6 is 0 Å². The Hall–Kier alpha value is -2.10. The Bertz CT molecular complexity index is 489. The highest BCUT2D eigenvalue weighted by Crippen LogP contribution is 2.13. The lowest BCUT2D eigenvalue weighted by Crippen LogP contribution is -2.01. The highest BCUT2D eigenvalue weighted by molar-refractivity contribution is 5.86. The molecule has 76 valence electrons. The third-order valence-corrected chi connectivity index (χ3v) is 2.24. The second kappa shape index (κ2) is 3.57. The van der Waals surface area contributed by atoms with Crippen LogP contribution in [0.2, 0.25) is 0 Å². The molecule has 0 amide bonds. The van der Waals surface area contributed by atoms with Crippen molar-refractivity contribution in [3.63, 3.8) is 0 Å². The number of carboxylic acid groups (broad SMARTS) is 1. The first kappa shape index (κ1) is 9.45. The molecule has 1 heterocycles. The number of hydrogen-bond acceptors (Lipinski definition) is 2. The van der Waals surface area contributed by atoms with E-state index in [4.69, 9.17) is 5.11 Å². The molecule has 0 aliphatic heterocycles. The first-order valence-corrected chi connectivity index (χ1v) is 4.53. The van der Waals surface area contributed by atoms with Crippen molar-refractivity contribution < 1.29 is 9.90 Å². The largest absolute Gasteiger partial charge is 0.476 e. The van der Waals surface area contributed by atoms with E-state index in [0.29, 0.717) is 5.69 Å². The van der Waals surface area contributed by atoms with E-state index in [0.717, 1.165) is 5.69 Å². The van der Waals surface area contributed by atoms with Gasteiger partial charge in [0.25, 0.3) is 0 Å². The van der Waals surface area contributed by atoms with Crippen molar-refractivity contribution in [3.05, 3.63) is 48.0 Å². The average molecular weight is 202 g/mol. The number of carbonyl (C=O) groups is 1. The summed E-state index contributed by atoms with van der Waals surface area (Å²) < 4.78 is 1.75. The summed E-state index contributed by atoms with van der Waals surface area (Å²) in [6.45, 7) is 1.74. The smallest absolute Gasteiger partial charge is 0.356 e. The van der Waals surface area contributed by atoms with Gasteiger partial charge >= 0.3 is 5.97 Å². The van der Waals surface area contributed by atoms with Crippen LogP contribution in [0.4, 0.5) is 0 Å². The predicted octanol–water partition coefficient (Wildman–Crippen LogP) is 1.88. The van der Waals surface area contributed by atoms with E-state index in [9.17, 15) is 4.79 Å². The number of imidazole rings is 1. The van der Waals surface area contributed by atoms with Gasteiger partial charge < -0.3 is 9.67 Å². The number of para-hydroxylation sites is 1. The molecule has 0 fully saturated rings. The zero-order valence-corrected chi connectivity index (χ0v) is 8.21. The van der Waals surface area contributed by atoms with Gasteiger partial charge in [-0.2, -0.15) is 0 Å². The Morgan fingerprint density at radius 1 is 1.33 bits per heavy atom. The third-order valence-electron chi connectivity index (χ3n) is 2.24. The molecule has 4 nitrogen and oxygen atoms in total. The second-order valence-corrected chi connectivity index (χ2v) is 3.19. The maximum atomic E-state index is 10.8. The number of nitrogens with zero attached hydrogens (tertiary/aromatic N) is 2. The predicted molar refractivity (Wildman–Crippen MR) is 55.3 cm³/mol. The topological polar surface area (TPSA) is 55.1 Å². The van der Waals surface area contributed by atoms with Gasteiger partial charge in [-0.05, 0) is 19.1 Å². The first-order valence-electron chi connectivity index (χ1n) is 4.53. The van der Waals surface area contributed by atoms with E-state index in [2.05, 4.69) is 4.98 Å². The van der Waals surface area contributed by atoms with Crippen molar-refractivity contribution in [3.8, 4) is 5.69 Å². The van der Waals surface area contributed by atoms with Crippen LogP contribution in [0.1, 0.15) is 16.2 Å².